The summed E-state index contributed by atoms with van der Waals surface area (Å²) in [5.41, 5.74) is 11.0. The zero-order chi connectivity index (χ0) is 14.6. The van der Waals surface area contributed by atoms with E-state index in [0.29, 0.717) is 5.56 Å². The molecule has 0 saturated heterocycles. The summed E-state index contributed by atoms with van der Waals surface area (Å²) in [7, 11) is 1.10. The zero-order valence-corrected chi connectivity index (χ0v) is 9.95. The standard InChI is InChI=1S/C10H12F3N3O3/c1-18-7(17)2-6-8(15)5(3-14)4-16-9(6)19-10(11,12)13/h4H,2-3,14H2,1H3,(H2,15,16). The third kappa shape index (κ3) is 3.98. The molecule has 0 spiro atoms. The number of nitrogens with two attached hydrogens (primary N) is 2. The van der Waals surface area contributed by atoms with E-state index in [4.69, 9.17) is 11.5 Å². The maximum absolute atomic E-state index is 12.2. The largest absolute Gasteiger partial charge is 0.574 e. The van der Waals surface area contributed by atoms with Crippen molar-refractivity contribution in [2.24, 2.45) is 5.73 Å². The topological polar surface area (TPSA) is 100 Å². The fourth-order valence-electron chi connectivity index (χ4n) is 1.34. The maximum Gasteiger partial charge on any atom is 0.574 e. The van der Waals surface area contributed by atoms with Crippen molar-refractivity contribution < 1.29 is 27.4 Å². The van der Waals surface area contributed by atoms with Gasteiger partial charge < -0.3 is 20.9 Å². The molecule has 0 bridgehead atoms. The molecule has 4 N–H and O–H groups in total. The monoisotopic (exact) mass is 279 g/mol. The molecule has 1 heterocycles. The van der Waals surface area contributed by atoms with Crippen LogP contribution in [0.3, 0.4) is 0 Å². The summed E-state index contributed by atoms with van der Waals surface area (Å²) in [5.74, 6) is -1.55. The normalized spacial score (nSPS) is 11.2. The Labute approximate surface area is 106 Å². The zero-order valence-electron chi connectivity index (χ0n) is 9.95. The van der Waals surface area contributed by atoms with E-state index >= 15 is 0 Å². The number of esters is 1. The van der Waals surface area contributed by atoms with Gasteiger partial charge in [0.1, 0.15) is 0 Å². The van der Waals surface area contributed by atoms with Crippen molar-refractivity contribution in [1.82, 2.24) is 4.98 Å². The predicted molar refractivity (Wildman–Crippen MR) is 58.9 cm³/mol. The highest BCUT2D eigenvalue weighted by Crippen LogP contribution is 2.30. The van der Waals surface area contributed by atoms with Gasteiger partial charge in [-0.25, -0.2) is 4.98 Å². The lowest BCUT2D eigenvalue weighted by atomic mass is 10.1. The number of carbonyl (C=O) groups excluding carboxylic acids is 1. The Bertz CT molecular complexity index is 477. The minimum absolute atomic E-state index is 0.0285. The Kier molecular flexibility index (Phi) is 4.54. The summed E-state index contributed by atoms with van der Waals surface area (Å²) in [4.78, 5) is 14.7. The van der Waals surface area contributed by atoms with Gasteiger partial charge in [-0.05, 0) is 0 Å². The van der Waals surface area contributed by atoms with E-state index in [1.165, 1.54) is 0 Å². The van der Waals surface area contributed by atoms with Crippen LogP contribution in [0.15, 0.2) is 6.20 Å². The molecule has 1 aromatic heterocycles. The summed E-state index contributed by atoms with van der Waals surface area (Å²) in [6.45, 7) is -0.0285. The molecule has 1 rings (SSSR count). The van der Waals surface area contributed by atoms with Crippen LogP contribution in [0.1, 0.15) is 11.1 Å². The van der Waals surface area contributed by atoms with Gasteiger partial charge in [0.15, 0.2) is 0 Å². The number of anilines is 1. The van der Waals surface area contributed by atoms with Crippen molar-refractivity contribution in [2.45, 2.75) is 19.3 Å². The average molecular weight is 279 g/mol. The smallest absolute Gasteiger partial charge is 0.469 e. The van der Waals surface area contributed by atoms with E-state index in [-0.39, 0.29) is 17.8 Å². The number of nitrogen functional groups attached to an aromatic ring is 1. The lowest BCUT2D eigenvalue weighted by Crippen LogP contribution is -2.21. The second-order valence-electron chi connectivity index (χ2n) is 3.49. The van der Waals surface area contributed by atoms with Gasteiger partial charge in [0.25, 0.3) is 0 Å². The molecule has 1 aromatic rings. The number of nitrogens with zero attached hydrogens (tertiary/aromatic N) is 1. The Morgan fingerprint density at radius 2 is 2.11 bits per heavy atom. The third-order valence-corrected chi connectivity index (χ3v) is 2.25. The van der Waals surface area contributed by atoms with Gasteiger partial charge in [-0.3, -0.25) is 4.79 Å². The molecule has 0 radical (unpaired) electrons. The summed E-state index contributed by atoms with van der Waals surface area (Å²) < 4.78 is 44.7. The number of methoxy groups -OCH3 is 1. The Balaban J connectivity index is 3.22. The van der Waals surface area contributed by atoms with Crippen LogP contribution in [-0.2, 0) is 22.5 Å². The Morgan fingerprint density at radius 3 is 2.58 bits per heavy atom. The second kappa shape index (κ2) is 5.74. The lowest BCUT2D eigenvalue weighted by Gasteiger charge is -2.15. The fourth-order valence-corrected chi connectivity index (χ4v) is 1.34. The first-order chi connectivity index (χ1) is 8.78. The SMILES string of the molecule is COC(=O)Cc1c(OC(F)(F)F)ncc(CN)c1N. The number of carbonyl (C=O) groups is 1. The fraction of sp³-hybridized carbons (Fsp3) is 0.400. The first-order valence-electron chi connectivity index (χ1n) is 5.07. The number of rotatable bonds is 4. The summed E-state index contributed by atoms with van der Waals surface area (Å²) in [5, 5.41) is 0. The van der Waals surface area contributed by atoms with Crippen LogP contribution < -0.4 is 16.2 Å². The number of hydrogen-bond donors (Lipinski definition) is 2. The minimum atomic E-state index is -4.94. The van der Waals surface area contributed by atoms with Crippen molar-refractivity contribution >= 4 is 11.7 Å². The van der Waals surface area contributed by atoms with Crippen LogP contribution in [0.2, 0.25) is 0 Å². The molecule has 0 saturated carbocycles. The van der Waals surface area contributed by atoms with Crippen LogP contribution in [0.5, 0.6) is 5.88 Å². The van der Waals surface area contributed by atoms with Gasteiger partial charge in [-0.1, -0.05) is 0 Å². The van der Waals surface area contributed by atoms with E-state index in [9.17, 15) is 18.0 Å². The summed E-state index contributed by atoms with van der Waals surface area (Å²) >= 11 is 0. The number of pyridine rings is 1. The van der Waals surface area contributed by atoms with E-state index < -0.39 is 24.6 Å². The number of ether oxygens (including phenoxy) is 2. The van der Waals surface area contributed by atoms with Gasteiger partial charge >= 0.3 is 12.3 Å². The highest BCUT2D eigenvalue weighted by molar-refractivity contribution is 5.76. The van der Waals surface area contributed by atoms with Gasteiger partial charge in [0.2, 0.25) is 5.88 Å². The molecule has 0 aromatic carbocycles. The highest BCUT2D eigenvalue weighted by atomic mass is 19.4. The third-order valence-electron chi connectivity index (χ3n) is 2.25. The molecule has 6 nitrogen and oxygen atoms in total. The second-order valence-corrected chi connectivity index (χ2v) is 3.49. The molecular formula is C10H12F3N3O3. The summed E-state index contributed by atoms with van der Waals surface area (Å²) in [6, 6.07) is 0. The Morgan fingerprint density at radius 1 is 1.47 bits per heavy atom. The van der Waals surface area contributed by atoms with Gasteiger partial charge in [0, 0.05) is 29.6 Å². The van der Waals surface area contributed by atoms with E-state index in [2.05, 4.69) is 14.5 Å². The molecular weight excluding hydrogens is 267 g/mol. The van der Waals surface area contributed by atoms with Gasteiger partial charge in [-0.2, -0.15) is 0 Å². The van der Waals surface area contributed by atoms with Gasteiger partial charge in [-0.15, -0.1) is 13.2 Å². The number of hydrogen-bond acceptors (Lipinski definition) is 6. The lowest BCUT2D eigenvalue weighted by molar-refractivity contribution is -0.276. The molecule has 0 aliphatic rings. The van der Waals surface area contributed by atoms with Crippen molar-refractivity contribution in [3.63, 3.8) is 0 Å². The number of alkyl halides is 3. The van der Waals surface area contributed by atoms with Crippen LogP contribution >= 0.6 is 0 Å². The number of halogens is 3. The minimum Gasteiger partial charge on any atom is -0.469 e. The first-order valence-corrected chi connectivity index (χ1v) is 5.07. The van der Waals surface area contributed by atoms with Crippen LogP contribution in [-0.4, -0.2) is 24.4 Å². The van der Waals surface area contributed by atoms with Crippen LogP contribution in [0.4, 0.5) is 18.9 Å². The summed E-state index contributed by atoms with van der Waals surface area (Å²) in [6.07, 6.45) is -4.36. The van der Waals surface area contributed by atoms with Crippen molar-refractivity contribution in [3.8, 4) is 5.88 Å². The molecule has 0 amide bonds. The van der Waals surface area contributed by atoms with Crippen LogP contribution in [0.25, 0.3) is 0 Å². The van der Waals surface area contributed by atoms with E-state index in [0.717, 1.165) is 13.3 Å². The van der Waals surface area contributed by atoms with E-state index in [1.807, 2.05) is 0 Å². The van der Waals surface area contributed by atoms with Crippen molar-refractivity contribution in [1.29, 1.82) is 0 Å². The number of aromatic nitrogens is 1. The van der Waals surface area contributed by atoms with Crippen molar-refractivity contribution in [2.75, 3.05) is 12.8 Å². The molecule has 106 valence electrons. The van der Waals surface area contributed by atoms with Crippen molar-refractivity contribution in [3.05, 3.63) is 17.3 Å². The molecule has 0 unspecified atom stereocenters. The molecule has 0 fully saturated rings. The predicted octanol–water partition coefficient (Wildman–Crippen LogP) is 0.737. The molecule has 0 atom stereocenters. The molecule has 19 heavy (non-hydrogen) atoms. The molecule has 0 aliphatic carbocycles. The van der Waals surface area contributed by atoms with E-state index in [1.54, 1.807) is 0 Å². The average Bonchev–Trinajstić information content (AvgIpc) is 2.32. The first kappa shape index (κ1) is 15.0. The Hall–Kier alpha value is -2.03. The maximum atomic E-state index is 12.2. The molecule has 0 aliphatic heterocycles. The van der Waals surface area contributed by atoms with Gasteiger partial charge in [0.05, 0.1) is 13.5 Å². The quantitative estimate of drug-likeness (QED) is 0.788. The molecule has 9 heteroatoms. The van der Waals surface area contributed by atoms with Crippen LogP contribution in [0, 0.1) is 0 Å². The highest BCUT2D eigenvalue weighted by Gasteiger charge is 2.34.